The van der Waals surface area contributed by atoms with Gasteiger partial charge in [0.15, 0.2) is 0 Å². The predicted octanol–water partition coefficient (Wildman–Crippen LogP) is 2.85. The molecule has 1 aromatic carbocycles. The Morgan fingerprint density at radius 3 is 2.80 bits per heavy atom. The molecule has 1 aliphatic rings. The fourth-order valence-corrected chi connectivity index (χ4v) is 2.96. The number of non-ortho nitro benzene ring substituents is 1. The standard InChI is InChI=1S/C18H24N4O3/c1-18(2,3)17(23)20-11-13-5-4-8-21(12-13)16-7-6-15(22(24)25)9-14(16)10-19/h6-7,9,13H,4-5,8,11-12H2,1-3H3,(H,20,23). The molecule has 1 fully saturated rings. The molecule has 7 heteroatoms. The summed E-state index contributed by atoms with van der Waals surface area (Å²) in [6.45, 7) is 7.76. The highest BCUT2D eigenvalue weighted by Crippen LogP contribution is 2.29. The van der Waals surface area contributed by atoms with Crippen molar-refractivity contribution in [2.24, 2.45) is 11.3 Å². The maximum atomic E-state index is 12.0. The van der Waals surface area contributed by atoms with Crippen molar-refractivity contribution in [1.82, 2.24) is 5.32 Å². The molecule has 0 aliphatic carbocycles. The van der Waals surface area contributed by atoms with E-state index in [-0.39, 0.29) is 11.6 Å². The molecular formula is C18H24N4O3. The van der Waals surface area contributed by atoms with Gasteiger partial charge in [0.05, 0.1) is 16.2 Å². The molecule has 0 bridgehead atoms. The molecule has 0 saturated carbocycles. The predicted molar refractivity (Wildman–Crippen MR) is 95.2 cm³/mol. The van der Waals surface area contributed by atoms with Gasteiger partial charge >= 0.3 is 0 Å². The monoisotopic (exact) mass is 344 g/mol. The van der Waals surface area contributed by atoms with Gasteiger partial charge in [-0.1, -0.05) is 20.8 Å². The van der Waals surface area contributed by atoms with E-state index >= 15 is 0 Å². The summed E-state index contributed by atoms with van der Waals surface area (Å²) in [7, 11) is 0. The van der Waals surface area contributed by atoms with Gasteiger partial charge in [-0.05, 0) is 24.8 Å². The van der Waals surface area contributed by atoms with Crippen molar-refractivity contribution in [2.75, 3.05) is 24.5 Å². The number of hydrogen-bond acceptors (Lipinski definition) is 5. The Bertz CT molecular complexity index is 703. The van der Waals surface area contributed by atoms with Gasteiger partial charge in [-0.25, -0.2) is 0 Å². The Morgan fingerprint density at radius 1 is 1.48 bits per heavy atom. The highest BCUT2D eigenvalue weighted by molar-refractivity contribution is 5.81. The second-order valence-corrected chi connectivity index (χ2v) is 7.48. The van der Waals surface area contributed by atoms with Crippen LogP contribution in [0.5, 0.6) is 0 Å². The second-order valence-electron chi connectivity index (χ2n) is 7.48. The van der Waals surface area contributed by atoms with Crippen molar-refractivity contribution in [3.63, 3.8) is 0 Å². The lowest BCUT2D eigenvalue weighted by Gasteiger charge is -2.35. The molecule has 1 aromatic rings. The van der Waals surface area contributed by atoms with Gasteiger partial charge in [-0.2, -0.15) is 5.26 Å². The quantitative estimate of drug-likeness (QED) is 0.669. The first-order valence-corrected chi connectivity index (χ1v) is 8.44. The van der Waals surface area contributed by atoms with Crippen LogP contribution < -0.4 is 10.2 Å². The van der Waals surface area contributed by atoms with Crippen LogP contribution in [0.25, 0.3) is 0 Å². The Kier molecular flexibility index (Phi) is 5.62. The SMILES string of the molecule is CC(C)(C)C(=O)NCC1CCCN(c2ccc([N+](=O)[O-])cc2C#N)C1. The average molecular weight is 344 g/mol. The average Bonchev–Trinajstić information content (AvgIpc) is 2.58. The van der Waals surface area contributed by atoms with Crippen LogP contribution >= 0.6 is 0 Å². The van der Waals surface area contributed by atoms with Gasteiger partial charge in [-0.3, -0.25) is 14.9 Å². The molecule has 25 heavy (non-hydrogen) atoms. The number of rotatable bonds is 4. The molecule has 1 heterocycles. The van der Waals surface area contributed by atoms with Crippen molar-refractivity contribution in [3.8, 4) is 6.07 Å². The molecule has 1 amide bonds. The number of amides is 1. The Morgan fingerprint density at radius 2 is 2.20 bits per heavy atom. The first-order chi connectivity index (χ1) is 11.7. The van der Waals surface area contributed by atoms with Gasteiger partial charge in [0, 0.05) is 37.2 Å². The maximum Gasteiger partial charge on any atom is 0.270 e. The summed E-state index contributed by atoms with van der Waals surface area (Å²) < 4.78 is 0. The summed E-state index contributed by atoms with van der Waals surface area (Å²) in [5.74, 6) is 0.319. The molecule has 7 nitrogen and oxygen atoms in total. The molecule has 1 atom stereocenters. The number of carbonyl (C=O) groups excluding carboxylic acids is 1. The summed E-state index contributed by atoms with van der Waals surface area (Å²) in [4.78, 5) is 24.5. The van der Waals surface area contributed by atoms with Crippen LogP contribution in [0.2, 0.25) is 0 Å². The van der Waals surface area contributed by atoms with Crippen LogP contribution in [0.4, 0.5) is 11.4 Å². The molecule has 1 aliphatic heterocycles. The summed E-state index contributed by atoms with van der Waals surface area (Å²) >= 11 is 0. The van der Waals surface area contributed by atoms with Gasteiger partial charge in [0.2, 0.25) is 5.91 Å². The third-order valence-electron chi connectivity index (χ3n) is 4.40. The minimum absolute atomic E-state index is 0.0256. The van der Waals surface area contributed by atoms with Crippen molar-refractivity contribution in [2.45, 2.75) is 33.6 Å². The van der Waals surface area contributed by atoms with E-state index in [9.17, 15) is 20.2 Å². The topological polar surface area (TPSA) is 99.3 Å². The lowest BCUT2D eigenvalue weighted by atomic mass is 9.93. The number of carbonyl (C=O) groups is 1. The van der Waals surface area contributed by atoms with E-state index in [2.05, 4.69) is 16.3 Å². The molecule has 1 saturated heterocycles. The van der Waals surface area contributed by atoms with Gasteiger partial charge < -0.3 is 10.2 Å². The van der Waals surface area contributed by atoms with Crippen LogP contribution in [0.3, 0.4) is 0 Å². The number of hydrogen-bond donors (Lipinski definition) is 1. The Balaban J connectivity index is 2.07. The zero-order chi connectivity index (χ0) is 18.6. The van der Waals surface area contributed by atoms with Gasteiger partial charge in [0.25, 0.3) is 5.69 Å². The lowest BCUT2D eigenvalue weighted by Crippen LogP contribution is -2.43. The largest absolute Gasteiger partial charge is 0.370 e. The zero-order valence-electron chi connectivity index (χ0n) is 14.9. The summed E-state index contributed by atoms with van der Waals surface area (Å²) in [6.07, 6.45) is 1.97. The second kappa shape index (κ2) is 7.51. The molecule has 2 rings (SSSR count). The van der Waals surface area contributed by atoms with Crippen molar-refractivity contribution in [1.29, 1.82) is 5.26 Å². The smallest absolute Gasteiger partial charge is 0.270 e. The maximum absolute atomic E-state index is 12.0. The van der Waals surface area contributed by atoms with Crippen LogP contribution in [0.15, 0.2) is 18.2 Å². The Labute approximate surface area is 147 Å². The van der Waals surface area contributed by atoms with E-state index in [4.69, 9.17) is 0 Å². The number of nitriles is 1. The minimum Gasteiger partial charge on any atom is -0.370 e. The normalized spacial score (nSPS) is 17.7. The van der Waals surface area contributed by atoms with E-state index in [1.807, 2.05) is 20.8 Å². The fraction of sp³-hybridized carbons (Fsp3) is 0.556. The van der Waals surface area contributed by atoms with Crippen molar-refractivity contribution in [3.05, 3.63) is 33.9 Å². The van der Waals surface area contributed by atoms with Crippen LogP contribution in [-0.4, -0.2) is 30.5 Å². The number of nitrogens with zero attached hydrogens (tertiary/aromatic N) is 3. The molecule has 0 radical (unpaired) electrons. The van der Waals surface area contributed by atoms with Crippen LogP contribution in [0.1, 0.15) is 39.2 Å². The number of nitrogens with one attached hydrogen (secondary N) is 1. The molecule has 0 aromatic heterocycles. The molecule has 0 spiro atoms. The van der Waals surface area contributed by atoms with E-state index < -0.39 is 10.3 Å². The highest BCUT2D eigenvalue weighted by atomic mass is 16.6. The third-order valence-corrected chi connectivity index (χ3v) is 4.40. The molecule has 1 N–H and O–H groups in total. The zero-order valence-corrected chi connectivity index (χ0v) is 14.9. The molecule has 1 unspecified atom stereocenters. The van der Waals surface area contributed by atoms with E-state index in [0.29, 0.717) is 18.0 Å². The number of anilines is 1. The molecule has 134 valence electrons. The van der Waals surface area contributed by atoms with Gasteiger partial charge in [0.1, 0.15) is 6.07 Å². The van der Waals surface area contributed by atoms with Gasteiger partial charge in [-0.15, -0.1) is 0 Å². The highest BCUT2D eigenvalue weighted by Gasteiger charge is 2.26. The van der Waals surface area contributed by atoms with Crippen molar-refractivity contribution < 1.29 is 9.72 Å². The first kappa shape index (κ1) is 18.7. The number of piperidine rings is 1. The van der Waals surface area contributed by atoms with Crippen LogP contribution in [-0.2, 0) is 4.79 Å². The van der Waals surface area contributed by atoms with Crippen molar-refractivity contribution >= 4 is 17.3 Å². The van der Waals surface area contributed by atoms with Crippen LogP contribution in [0, 0.1) is 32.8 Å². The minimum atomic E-state index is -0.494. The summed E-state index contributed by atoms with van der Waals surface area (Å²) in [6, 6.07) is 6.45. The lowest BCUT2D eigenvalue weighted by molar-refractivity contribution is -0.384. The number of nitro benzene ring substituents is 1. The fourth-order valence-electron chi connectivity index (χ4n) is 2.96. The van der Waals surface area contributed by atoms with E-state index in [1.165, 1.54) is 12.1 Å². The number of nitro groups is 1. The number of benzene rings is 1. The Hall–Kier alpha value is -2.62. The molecular weight excluding hydrogens is 320 g/mol. The summed E-state index contributed by atoms with van der Waals surface area (Å²) in [5.41, 5.74) is 0.542. The third kappa shape index (κ3) is 4.69. The van der Waals surface area contributed by atoms with E-state index in [0.717, 1.165) is 31.6 Å². The first-order valence-electron chi connectivity index (χ1n) is 8.44. The summed E-state index contributed by atoms with van der Waals surface area (Å²) in [5, 5.41) is 23.2. The van der Waals surface area contributed by atoms with E-state index in [1.54, 1.807) is 6.07 Å².